The minimum atomic E-state index is -0.931. The molecule has 0 aliphatic heterocycles. The molecule has 0 saturated heterocycles. The fraction of sp³-hybridized carbons (Fsp3) is 1.00. The monoisotopic (exact) mass is 444 g/mol. The molecule has 0 saturated carbocycles. The van der Waals surface area contributed by atoms with Gasteiger partial charge in [-0.05, 0) is 12.8 Å². The number of rotatable bonds is 25. The molecule has 0 aliphatic carbocycles. The lowest BCUT2D eigenvalue weighted by atomic mass is 9.81. The van der Waals surface area contributed by atoms with Gasteiger partial charge in [-0.3, -0.25) is 0 Å². The van der Waals surface area contributed by atoms with Crippen LogP contribution in [0.5, 0.6) is 0 Å². The number of aliphatic hydroxyl groups excluding tert-OH is 3. The first-order valence-electron chi connectivity index (χ1n) is 13.6. The Morgan fingerprint density at radius 3 is 1.26 bits per heavy atom. The van der Waals surface area contributed by atoms with E-state index < -0.39 is 5.41 Å². The molecule has 1 atom stereocenters. The molecule has 0 rings (SSSR count). The largest absolute Gasteiger partial charge is 0.396 e. The van der Waals surface area contributed by atoms with Gasteiger partial charge in [0, 0.05) is 6.61 Å². The van der Waals surface area contributed by atoms with Crippen LogP contribution in [0.25, 0.3) is 0 Å². The van der Waals surface area contributed by atoms with E-state index in [-0.39, 0.29) is 25.9 Å². The van der Waals surface area contributed by atoms with Crippen LogP contribution in [0.1, 0.15) is 136 Å². The minimum absolute atomic E-state index is 0.236. The molecule has 0 aliphatic rings. The van der Waals surface area contributed by atoms with E-state index in [1.54, 1.807) is 0 Å². The molecule has 188 valence electrons. The second-order valence-corrected chi connectivity index (χ2v) is 9.64. The summed E-state index contributed by atoms with van der Waals surface area (Å²) in [6, 6.07) is 0. The van der Waals surface area contributed by atoms with Gasteiger partial charge in [-0.1, -0.05) is 123 Å². The van der Waals surface area contributed by atoms with Gasteiger partial charge in [-0.25, -0.2) is 0 Å². The van der Waals surface area contributed by atoms with Gasteiger partial charge in [-0.15, -0.1) is 0 Å². The molecule has 0 spiro atoms. The van der Waals surface area contributed by atoms with E-state index in [9.17, 15) is 15.3 Å². The molecule has 0 heterocycles. The van der Waals surface area contributed by atoms with Crippen molar-refractivity contribution in [1.82, 2.24) is 0 Å². The number of hydrogen-bond acceptors (Lipinski definition) is 4. The zero-order chi connectivity index (χ0) is 23.0. The standard InChI is InChI=1S/C27H56O4/c1-3-5-7-9-11-13-15-17-19-21-26(27(23-28,24-29)25-30)31-22-20-18-16-14-12-10-8-6-4-2/h26,28-30H,3-25H2,1-2H3. The third-order valence-electron chi connectivity index (χ3n) is 6.76. The van der Waals surface area contributed by atoms with Gasteiger partial charge in [0.2, 0.25) is 0 Å². The Bertz CT molecular complexity index is 336. The molecule has 0 bridgehead atoms. The second-order valence-electron chi connectivity index (χ2n) is 9.64. The second kappa shape index (κ2) is 23.0. The molecule has 0 amide bonds. The molecule has 3 N–H and O–H groups in total. The fourth-order valence-corrected chi connectivity index (χ4v) is 4.30. The average Bonchev–Trinajstić information content (AvgIpc) is 2.80. The zero-order valence-electron chi connectivity index (χ0n) is 21.1. The normalized spacial score (nSPS) is 13.1. The summed E-state index contributed by atoms with van der Waals surface area (Å²) < 4.78 is 6.13. The molecule has 0 fully saturated rings. The molecule has 0 aromatic carbocycles. The average molecular weight is 445 g/mol. The van der Waals surface area contributed by atoms with Crippen molar-refractivity contribution in [2.24, 2.45) is 5.41 Å². The molecule has 31 heavy (non-hydrogen) atoms. The Balaban J connectivity index is 4.07. The minimum Gasteiger partial charge on any atom is -0.396 e. The van der Waals surface area contributed by atoms with Gasteiger partial charge >= 0.3 is 0 Å². The first-order valence-corrected chi connectivity index (χ1v) is 13.6. The number of ether oxygens (including phenoxy) is 1. The first kappa shape index (κ1) is 30.8. The quantitative estimate of drug-likeness (QED) is 0.136. The van der Waals surface area contributed by atoms with Gasteiger partial charge < -0.3 is 20.1 Å². The van der Waals surface area contributed by atoms with Crippen molar-refractivity contribution >= 4 is 0 Å². The molecule has 0 radical (unpaired) electrons. The molecular weight excluding hydrogens is 388 g/mol. The van der Waals surface area contributed by atoms with E-state index in [2.05, 4.69) is 13.8 Å². The highest BCUT2D eigenvalue weighted by Gasteiger charge is 2.38. The number of hydrogen-bond donors (Lipinski definition) is 3. The van der Waals surface area contributed by atoms with Crippen molar-refractivity contribution in [2.75, 3.05) is 26.4 Å². The summed E-state index contributed by atoms with van der Waals surface area (Å²) in [5.41, 5.74) is -0.931. The van der Waals surface area contributed by atoms with Crippen molar-refractivity contribution in [1.29, 1.82) is 0 Å². The van der Waals surface area contributed by atoms with E-state index in [4.69, 9.17) is 4.74 Å². The summed E-state index contributed by atoms with van der Waals surface area (Å²) in [6.07, 6.45) is 23.4. The lowest BCUT2D eigenvalue weighted by Gasteiger charge is -2.36. The topological polar surface area (TPSA) is 69.9 Å². The molecule has 4 heteroatoms. The van der Waals surface area contributed by atoms with E-state index in [1.807, 2.05) is 0 Å². The summed E-state index contributed by atoms with van der Waals surface area (Å²) in [6.45, 7) is 4.44. The van der Waals surface area contributed by atoms with Gasteiger partial charge in [0.15, 0.2) is 0 Å². The maximum Gasteiger partial charge on any atom is 0.0697 e. The maximum absolute atomic E-state index is 9.85. The van der Waals surface area contributed by atoms with Gasteiger partial charge in [0.25, 0.3) is 0 Å². The van der Waals surface area contributed by atoms with Crippen molar-refractivity contribution in [2.45, 2.75) is 142 Å². The van der Waals surface area contributed by atoms with Crippen LogP contribution in [-0.4, -0.2) is 47.9 Å². The molecular formula is C27H56O4. The number of unbranched alkanes of at least 4 members (excludes halogenated alkanes) is 16. The zero-order valence-corrected chi connectivity index (χ0v) is 21.1. The summed E-state index contributed by atoms with van der Waals surface area (Å²) >= 11 is 0. The van der Waals surface area contributed by atoms with Crippen LogP contribution in [0.4, 0.5) is 0 Å². The lowest BCUT2D eigenvalue weighted by molar-refractivity contribution is -0.117. The Kier molecular flexibility index (Phi) is 22.9. The van der Waals surface area contributed by atoms with Crippen LogP contribution in [0.2, 0.25) is 0 Å². The summed E-state index contributed by atoms with van der Waals surface area (Å²) in [5.74, 6) is 0. The van der Waals surface area contributed by atoms with E-state index in [0.29, 0.717) is 6.61 Å². The maximum atomic E-state index is 9.85. The van der Waals surface area contributed by atoms with Crippen LogP contribution >= 0.6 is 0 Å². The predicted molar refractivity (Wildman–Crippen MR) is 133 cm³/mol. The van der Waals surface area contributed by atoms with Crippen LogP contribution in [0.3, 0.4) is 0 Å². The van der Waals surface area contributed by atoms with Crippen molar-refractivity contribution < 1.29 is 20.1 Å². The Labute approximate surface area is 194 Å². The fourth-order valence-electron chi connectivity index (χ4n) is 4.30. The smallest absolute Gasteiger partial charge is 0.0697 e. The lowest BCUT2D eigenvalue weighted by Crippen LogP contribution is -2.46. The highest BCUT2D eigenvalue weighted by molar-refractivity contribution is 4.86. The van der Waals surface area contributed by atoms with Gasteiger partial charge in [-0.2, -0.15) is 0 Å². The van der Waals surface area contributed by atoms with Gasteiger partial charge in [0.05, 0.1) is 31.3 Å². The summed E-state index contributed by atoms with van der Waals surface area (Å²) in [4.78, 5) is 0. The third kappa shape index (κ3) is 16.2. The predicted octanol–water partition coefficient (Wildman–Crippen LogP) is 6.79. The first-order chi connectivity index (χ1) is 15.2. The highest BCUT2D eigenvalue weighted by atomic mass is 16.5. The van der Waals surface area contributed by atoms with Crippen LogP contribution < -0.4 is 0 Å². The Hall–Kier alpha value is -0.160. The van der Waals surface area contributed by atoms with Crippen molar-refractivity contribution in [3.63, 3.8) is 0 Å². The molecule has 1 unspecified atom stereocenters. The van der Waals surface area contributed by atoms with E-state index in [0.717, 1.165) is 25.7 Å². The summed E-state index contributed by atoms with van der Waals surface area (Å²) in [7, 11) is 0. The SMILES string of the molecule is CCCCCCCCCCCOC(CCCCCCCCCCC)C(CO)(CO)CO. The van der Waals surface area contributed by atoms with Crippen molar-refractivity contribution in [3.8, 4) is 0 Å². The number of aliphatic hydroxyl groups is 3. The van der Waals surface area contributed by atoms with Gasteiger partial charge in [0.1, 0.15) is 0 Å². The van der Waals surface area contributed by atoms with E-state index >= 15 is 0 Å². The Morgan fingerprint density at radius 1 is 0.516 bits per heavy atom. The molecule has 4 nitrogen and oxygen atoms in total. The van der Waals surface area contributed by atoms with Crippen LogP contribution in [-0.2, 0) is 4.74 Å². The molecule has 0 aromatic rings. The van der Waals surface area contributed by atoms with Crippen molar-refractivity contribution in [3.05, 3.63) is 0 Å². The summed E-state index contributed by atoms with van der Waals surface area (Å²) in [5, 5.41) is 29.6. The van der Waals surface area contributed by atoms with Crippen LogP contribution in [0, 0.1) is 5.41 Å². The highest BCUT2D eigenvalue weighted by Crippen LogP contribution is 2.28. The van der Waals surface area contributed by atoms with E-state index in [1.165, 1.54) is 96.3 Å². The third-order valence-corrected chi connectivity index (χ3v) is 6.76. The van der Waals surface area contributed by atoms with Crippen LogP contribution in [0.15, 0.2) is 0 Å². The molecule has 0 aromatic heterocycles. The Morgan fingerprint density at radius 2 is 0.871 bits per heavy atom.